The summed E-state index contributed by atoms with van der Waals surface area (Å²) >= 11 is 1.41. The van der Waals surface area contributed by atoms with E-state index < -0.39 is 35.1 Å². The van der Waals surface area contributed by atoms with E-state index in [0.29, 0.717) is 5.13 Å². The van der Waals surface area contributed by atoms with E-state index in [1.165, 1.54) is 36.7 Å². The summed E-state index contributed by atoms with van der Waals surface area (Å²) in [5.74, 6) is -1.37. The van der Waals surface area contributed by atoms with Gasteiger partial charge in [0.2, 0.25) is 11.0 Å². The number of nitrogens with zero attached hydrogens (tertiary/aromatic N) is 2. The molecule has 1 aromatic heterocycles. The fourth-order valence-corrected chi connectivity index (χ4v) is 7.47. The summed E-state index contributed by atoms with van der Waals surface area (Å²) in [4.78, 5) is 25.5. The van der Waals surface area contributed by atoms with Crippen LogP contribution in [0.2, 0.25) is 0 Å². The van der Waals surface area contributed by atoms with Crippen LogP contribution in [0.1, 0.15) is 67.7 Å². The largest absolute Gasteiger partial charge is 0.340 e. The Bertz CT molecular complexity index is 1030. The molecule has 4 aliphatic carbocycles. The fourth-order valence-electron chi connectivity index (χ4n) is 6.51. The molecule has 2 N–H and O–H groups in total. The second kappa shape index (κ2) is 8.42. The third-order valence-electron chi connectivity index (χ3n) is 7.57. The van der Waals surface area contributed by atoms with Gasteiger partial charge in [-0.15, -0.1) is 10.2 Å². The lowest BCUT2D eigenvalue weighted by Crippen LogP contribution is -2.48. The number of rotatable bonds is 6. The summed E-state index contributed by atoms with van der Waals surface area (Å²) in [6, 6.07) is 2.22. The Morgan fingerprint density at radius 2 is 1.61 bits per heavy atom. The van der Waals surface area contributed by atoms with E-state index in [9.17, 15) is 18.4 Å². The average molecular weight is 475 g/mol. The van der Waals surface area contributed by atoms with Crippen molar-refractivity contribution < 1.29 is 18.4 Å². The Hall–Kier alpha value is -2.42. The van der Waals surface area contributed by atoms with Gasteiger partial charge in [0.15, 0.2) is 0 Å². The van der Waals surface area contributed by atoms with Crippen LogP contribution in [0.25, 0.3) is 0 Å². The molecule has 0 spiro atoms. The quantitative estimate of drug-likeness (QED) is 0.637. The van der Waals surface area contributed by atoms with Gasteiger partial charge in [0, 0.05) is 5.41 Å². The van der Waals surface area contributed by atoms with Crippen LogP contribution >= 0.6 is 11.3 Å². The molecule has 4 aliphatic rings. The lowest BCUT2D eigenvalue weighted by molar-refractivity contribution is -0.118. The van der Waals surface area contributed by atoms with E-state index in [0.717, 1.165) is 54.2 Å². The number of nitrogens with one attached hydrogen (secondary N) is 2. The molecule has 176 valence electrons. The first-order chi connectivity index (χ1) is 15.7. The molecule has 1 aromatic carbocycles. The van der Waals surface area contributed by atoms with E-state index in [-0.39, 0.29) is 11.3 Å². The van der Waals surface area contributed by atoms with E-state index in [1.807, 2.05) is 0 Å². The number of benzene rings is 1. The summed E-state index contributed by atoms with van der Waals surface area (Å²) in [6.45, 7) is 3.51. The molecule has 4 bridgehead atoms. The molecule has 0 radical (unpaired) electrons. The lowest BCUT2D eigenvalue weighted by atomic mass is 9.50. The van der Waals surface area contributed by atoms with Gasteiger partial charge in [-0.1, -0.05) is 31.3 Å². The van der Waals surface area contributed by atoms with Crippen LogP contribution in [0.4, 0.5) is 13.9 Å². The van der Waals surface area contributed by atoms with E-state index in [2.05, 4.69) is 20.8 Å². The normalized spacial score (nSPS) is 28.7. The van der Waals surface area contributed by atoms with Crippen LogP contribution in [0.15, 0.2) is 18.2 Å². The van der Waals surface area contributed by atoms with Crippen LogP contribution < -0.4 is 10.6 Å². The standard InChI is InChI=1S/C24H28F2N4O2S/c1-12(2)19(27-20(31)18-16(25)4-3-5-17(18)26)21(32)28-23-30-29-22(33-23)24-9-13-6-14(10-24)8-15(7-13)11-24/h3-5,12-15,19H,6-11H2,1-2H3,(H,27,31)(H,28,30,32). The van der Waals surface area contributed by atoms with Crippen molar-refractivity contribution in [3.8, 4) is 0 Å². The predicted molar refractivity (Wildman–Crippen MR) is 121 cm³/mol. The van der Waals surface area contributed by atoms with Crippen molar-refractivity contribution >= 4 is 28.3 Å². The zero-order valence-corrected chi connectivity index (χ0v) is 19.6. The highest BCUT2D eigenvalue weighted by Gasteiger charge is 2.53. The van der Waals surface area contributed by atoms with Gasteiger partial charge in [-0.05, 0) is 74.3 Å². The highest BCUT2D eigenvalue weighted by Crippen LogP contribution is 2.61. The second-order valence-corrected chi connectivity index (χ2v) is 11.4. The first-order valence-corrected chi connectivity index (χ1v) is 12.5. The van der Waals surface area contributed by atoms with E-state index in [1.54, 1.807) is 13.8 Å². The Morgan fingerprint density at radius 1 is 1.03 bits per heavy atom. The van der Waals surface area contributed by atoms with Gasteiger partial charge < -0.3 is 5.32 Å². The molecule has 6 rings (SSSR count). The van der Waals surface area contributed by atoms with Crippen LogP contribution in [0, 0.1) is 35.3 Å². The highest BCUT2D eigenvalue weighted by atomic mass is 32.1. The van der Waals surface area contributed by atoms with Crippen molar-refractivity contribution in [1.82, 2.24) is 15.5 Å². The van der Waals surface area contributed by atoms with Gasteiger partial charge in [0.25, 0.3) is 5.91 Å². The van der Waals surface area contributed by atoms with E-state index in [4.69, 9.17) is 0 Å². The summed E-state index contributed by atoms with van der Waals surface area (Å²) in [5, 5.41) is 15.3. The zero-order valence-electron chi connectivity index (χ0n) is 18.7. The average Bonchev–Trinajstić information content (AvgIpc) is 3.20. The maximum Gasteiger partial charge on any atom is 0.257 e. The van der Waals surface area contributed by atoms with Gasteiger partial charge in [-0.25, -0.2) is 8.78 Å². The van der Waals surface area contributed by atoms with Crippen LogP contribution in [-0.4, -0.2) is 28.1 Å². The Balaban J connectivity index is 1.29. The fraction of sp³-hybridized carbons (Fsp3) is 0.583. The Morgan fingerprint density at radius 3 is 2.15 bits per heavy atom. The Labute approximate surface area is 195 Å². The molecule has 2 aromatic rings. The summed E-state index contributed by atoms with van der Waals surface area (Å²) in [5.41, 5.74) is -0.611. The van der Waals surface area contributed by atoms with Crippen molar-refractivity contribution in [2.75, 3.05) is 5.32 Å². The second-order valence-electron chi connectivity index (χ2n) is 10.4. The molecule has 1 unspecified atom stereocenters. The summed E-state index contributed by atoms with van der Waals surface area (Å²) in [6.07, 6.45) is 7.46. The third kappa shape index (κ3) is 4.16. The minimum atomic E-state index is -0.983. The van der Waals surface area contributed by atoms with Crippen molar-refractivity contribution in [3.63, 3.8) is 0 Å². The molecule has 0 saturated heterocycles. The molecule has 1 atom stereocenters. The maximum atomic E-state index is 14.0. The first kappa shape index (κ1) is 22.4. The number of hydrogen-bond donors (Lipinski definition) is 2. The van der Waals surface area contributed by atoms with Crippen LogP contribution in [-0.2, 0) is 10.2 Å². The number of carbonyl (C=O) groups excluding carboxylic acids is 2. The molecular formula is C24H28F2N4O2S. The van der Waals surface area contributed by atoms with Gasteiger partial charge in [-0.2, -0.15) is 0 Å². The summed E-state index contributed by atoms with van der Waals surface area (Å²) in [7, 11) is 0. The van der Waals surface area contributed by atoms with E-state index >= 15 is 0 Å². The van der Waals surface area contributed by atoms with Crippen molar-refractivity contribution in [2.45, 2.75) is 63.8 Å². The number of carbonyl (C=O) groups is 2. The molecule has 4 fully saturated rings. The van der Waals surface area contributed by atoms with Crippen molar-refractivity contribution in [2.24, 2.45) is 23.7 Å². The molecule has 9 heteroatoms. The van der Waals surface area contributed by atoms with Crippen molar-refractivity contribution in [1.29, 1.82) is 0 Å². The SMILES string of the molecule is CC(C)C(NC(=O)c1c(F)cccc1F)C(=O)Nc1nnc(C23CC4CC(CC(C4)C2)C3)s1. The van der Waals surface area contributed by atoms with Gasteiger partial charge in [-0.3, -0.25) is 14.9 Å². The Kier molecular flexibility index (Phi) is 5.71. The molecule has 2 amide bonds. The minimum Gasteiger partial charge on any atom is -0.340 e. The molecular weight excluding hydrogens is 446 g/mol. The number of aromatic nitrogens is 2. The van der Waals surface area contributed by atoms with Crippen LogP contribution in [0.5, 0.6) is 0 Å². The van der Waals surface area contributed by atoms with Crippen molar-refractivity contribution in [3.05, 3.63) is 40.4 Å². The minimum absolute atomic E-state index is 0.0867. The molecule has 4 saturated carbocycles. The number of hydrogen-bond acceptors (Lipinski definition) is 5. The summed E-state index contributed by atoms with van der Waals surface area (Å²) < 4.78 is 28.0. The van der Waals surface area contributed by atoms with Crippen LogP contribution in [0.3, 0.4) is 0 Å². The van der Waals surface area contributed by atoms with Gasteiger partial charge in [0.1, 0.15) is 28.2 Å². The zero-order chi connectivity index (χ0) is 23.3. The monoisotopic (exact) mass is 474 g/mol. The topological polar surface area (TPSA) is 84.0 Å². The molecule has 0 aliphatic heterocycles. The molecule has 1 heterocycles. The first-order valence-electron chi connectivity index (χ1n) is 11.6. The number of amides is 2. The maximum absolute atomic E-state index is 14.0. The molecule has 33 heavy (non-hydrogen) atoms. The lowest BCUT2D eigenvalue weighted by Gasteiger charge is -2.55. The smallest absolute Gasteiger partial charge is 0.257 e. The highest BCUT2D eigenvalue weighted by molar-refractivity contribution is 7.15. The van der Waals surface area contributed by atoms with Gasteiger partial charge in [0.05, 0.1) is 0 Å². The van der Waals surface area contributed by atoms with Gasteiger partial charge >= 0.3 is 0 Å². The predicted octanol–water partition coefficient (Wildman–Crippen LogP) is 4.68. The molecule has 6 nitrogen and oxygen atoms in total. The number of anilines is 1. The number of halogens is 2. The third-order valence-corrected chi connectivity index (χ3v) is 8.66.